The van der Waals surface area contributed by atoms with Gasteiger partial charge in [-0.2, -0.15) is 0 Å². The normalized spacial score (nSPS) is 11.2. The number of benzene rings is 5. The van der Waals surface area contributed by atoms with Crippen LogP contribution in [0.15, 0.2) is 121 Å². The third-order valence-electron chi connectivity index (χ3n) is 6.06. The first-order valence-corrected chi connectivity index (χ1v) is 10.6. The van der Waals surface area contributed by atoms with Crippen molar-refractivity contribution in [2.45, 2.75) is 0 Å². The second-order valence-corrected chi connectivity index (χ2v) is 7.86. The van der Waals surface area contributed by atoms with E-state index in [0.717, 1.165) is 0 Å². The van der Waals surface area contributed by atoms with E-state index in [1.54, 1.807) is 0 Å². The van der Waals surface area contributed by atoms with Crippen molar-refractivity contribution < 1.29 is 0 Å². The van der Waals surface area contributed by atoms with Crippen LogP contribution >= 0.6 is 0 Å². The summed E-state index contributed by atoms with van der Waals surface area (Å²) in [4.78, 5) is 3.67. The van der Waals surface area contributed by atoms with Gasteiger partial charge in [-0.1, -0.05) is 115 Å². The van der Waals surface area contributed by atoms with Gasteiger partial charge >= 0.3 is 0 Å². The summed E-state index contributed by atoms with van der Waals surface area (Å²) in [6.07, 6.45) is 0. The Bertz CT molecular complexity index is 1520. The number of para-hydroxylation sites is 2. The highest BCUT2D eigenvalue weighted by Gasteiger charge is 2.15. The molecule has 0 amide bonds. The summed E-state index contributed by atoms with van der Waals surface area (Å²) in [7, 11) is 0. The van der Waals surface area contributed by atoms with Crippen molar-refractivity contribution in [2.24, 2.45) is 0 Å². The Morgan fingerprint density at radius 3 is 1.65 bits per heavy atom. The molecule has 0 radical (unpaired) electrons. The van der Waals surface area contributed by atoms with Crippen LogP contribution in [0.5, 0.6) is 0 Å². The maximum Gasteiger partial charge on any atom is 0.0544 e. The minimum atomic E-state index is 1.17. The molecule has 6 rings (SSSR count). The molecule has 0 aliphatic rings. The molecule has 1 aromatic heterocycles. The van der Waals surface area contributed by atoms with Gasteiger partial charge in [0.2, 0.25) is 0 Å². The standard InChI is InChI=1S/C30H21N/c1-2-11-21(12-3-1)22-13-4-5-14-23(22)24-15-6-7-16-25(24)27-18-10-19-28-26-17-8-9-20-29(26)31-30(27)28/h1-20,31H. The molecule has 31 heavy (non-hydrogen) atoms. The number of H-pyrrole nitrogens is 1. The summed E-state index contributed by atoms with van der Waals surface area (Å²) < 4.78 is 0. The van der Waals surface area contributed by atoms with Crippen molar-refractivity contribution in [1.82, 2.24) is 4.98 Å². The molecule has 146 valence electrons. The van der Waals surface area contributed by atoms with Gasteiger partial charge in [-0.25, -0.2) is 0 Å². The fraction of sp³-hybridized carbons (Fsp3) is 0. The van der Waals surface area contributed by atoms with Crippen molar-refractivity contribution in [1.29, 1.82) is 0 Å². The van der Waals surface area contributed by atoms with E-state index in [2.05, 4.69) is 126 Å². The average molecular weight is 396 g/mol. The molecule has 6 aromatic rings. The van der Waals surface area contributed by atoms with E-state index in [1.165, 1.54) is 55.2 Å². The molecule has 0 unspecified atom stereocenters. The molecule has 1 heteroatoms. The Morgan fingerprint density at radius 2 is 0.871 bits per heavy atom. The van der Waals surface area contributed by atoms with Gasteiger partial charge in [-0.05, 0) is 33.9 Å². The van der Waals surface area contributed by atoms with Gasteiger partial charge in [0.05, 0.1) is 5.52 Å². The van der Waals surface area contributed by atoms with E-state index in [1.807, 2.05) is 0 Å². The van der Waals surface area contributed by atoms with Gasteiger partial charge in [0.25, 0.3) is 0 Å². The molecule has 0 spiro atoms. The van der Waals surface area contributed by atoms with Crippen molar-refractivity contribution in [3.05, 3.63) is 121 Å². The molecule has 0 fully saturated rings. The molecule has 0 aliphatic heterocycles. The zero-order valence-electron chi connectivity index (χ0n) is 17.0. The van der Waals surface area contributed by atoms with Crippen LogP contribution in [0.1, 0.15) is 0 Å². The highest BCUT2D eigenvalue weighted by atomic mass is 14.7. The Kier molecular flexibility index (Phi) is 4.18. The average Bonchev–Trinajstić information content (AvgIpc) is 3.24. The fourth-order valence-electron chi connectivity index (χ4n) is 4.64. The van der Waals surface area contributed by atoms with Gasteiger partial charge in [0, 0.05) is 21.9 Å². The zero-order chi connectivity index (χ0) is 20.6. The minimum Gasteiger partial charge on any atom is -0.354 e. The van der Waals surface area contributed by atoms with Crippen LogP contribution in [-0.4, -0.2) is 4.98 Å². The highest BCUT2D eigenvalue weighted by Crippen LogP contribution is 2.41. The lowest BCUT2D eigenvalue weighted by molar-refractivity contribution is 1.53. The summed E-state index contributed by atoms with van der Waals surface area (Å²) in [5.41, 5.74) is 9.80. The number of nitrogens with one attached hydrogen (secondary N) is 1. The topological polar surface area (TPSA) is 15.8 Å². The second kappa shape index (κ2) is 7.30. The molecule has 0 aliphatic carbocycles. The van der Waals surface area contributed by atoms with E-state index in [-0.39, 0.29) is 0 Å². The van der Waals surface area contributed by atoms with E-state index < -0.39 is 0 Å². The number of aromatic nitrogens is 1. The largest absolute Gasteiger partial charge is 0.354 e. The quantitative estimate of drug-likeness (QED) is 0.310. The SMILES string of the molecule is c1ccc(-c2ccccc2-c2ccccc2-c2cccc3c2[nH]c2ccccc23)cc1. The molecule has 1 heterocycles. The van der Waals surface area contributed by atoms with Gasteiger partial charge in [-0.3, -0.25) is 0 Å². The first kappa shape index (κ1) is 17.7. The molecule has 0 atom stereocenters. The van der Waals surface area contributed by atoms with Crippen molar-refractivity contribution in [3.8, 4) is 33.4 Å². The first-order chi connectivity index (χ1) is 15.4. The molecule has 1 nitrogen and oxygen atoms in total. The summed E-state index contributed by atoms with van der Waals surface area (Å²) >= 11 is 0. The molecule has 5 aromatic carbocycles. The Labute approximate surface area is 181 Å². The van der Waals surface area contributed by atoms with Crippen LogP contribution in [0.25, 0.3) is 55.2 Å². The van der Waals surface area contributed by atoms with Gasteiger partial charge < -0.3 is 4.98 Å². The van der Waals surface area contributed by atoms with Crippen molar-refractivity contribution in [3.63, 3.8) is 0 Å². The Hall–Kier alpha value is -4.10. The number of hydrogen-bond donors (Lipinski definition) is 1. The van der Waals surface area contributed by atoms with E-state index in [9.17, 15) is 0 Å². The highest BCUT2D eigenvalue weighted by molar-refractivity contribution is 6.13. The Morgan fingerprint density at radius 1 is 0.355 bits per heavy atom. The number of aromatic amines is 1. The van der Waals surface area contributed by atoms with Gasteiger partial charge in [-0.15, -0.1) is 0 Å². The third-order valence-corrected chi connectivity index (χ3v) is 6.06. The van der Waals surface area contributed by atoms with Gasteiger partial charge in [0.15, 0.2) is 0 Å². The van der Waals surface area contributed by atoms with Crippen LogP contribution in [0, 0.1) is 0 Å². The maximum atomic E-state index is 3.67. The predicted octanol–water partition coefficient (Wildman–Crippen LogP) is 8.32. The molecule has 0 saturated carbocycles. The van der Waals surface area contributed by atoms with Gasteiger partial charge in [0.1, 0.15) is 0 Å². The Balaban J connectivity index is 1.63. The predicted molar refractivity (Wildman–Crippen MR) is 132 cm³/mol. The van der Waals surface area contributed by atoms with E-state index in [4.69, 9.17) is 0 Å². The lowest BCUT2D eigenvalue weighted by Gasteiger charge is -2.15. The van der Waals surface area contributed by atoms with Crippen LogP contribution in [0.4, 0.5) is 0 Å². The van der Waals surface area contributed by atoms with E-state index >= 15 is 0 Å². The zero-order valence-corrected chi connectivity index (χ0v) is 17.0. The lowest BCUT2D eigenvalue weighted by atomic mass is 9.89. The van der Waals surface area contributed by atoms with Crippen molar-refractivity contribution in [2.75, 3.05) is 0 Å². The molecule has 0 saturated heterocycles. The number of hydrogen-bond acceptors (Lipinski definition) is 0. The second-order valence-electron chi connectivity index (χ2n) is 7.86. The third kappa shape index (κ3) is 2.94. The number of rotatable bonds is 3. The molecular formula is C30H21N. The van der Waals surface area contributed by atoms with Crippen LogP contribution < -0.4 is 0 Å². The minimum absolute atomic E-state index is 1.17. The van der Waals surface area contributed by atoms with Crippen LogP contribution in [-0.2, 0) is 0 Å². The van der Waals surface area contributed by atoms with Crippen molar-refractivity contribution >= 4 is 21.8 Å². The summed E-state index contributed by atoms with van der Waals surface area (Å²) in [5.74, 6) is 0. The van der Waals surface area contributed by atoms with Crippen LogP contribution in [0.2, 0.25) is 0 Å². The monoisotopic (exact) mass is 395 g/mol. The number of fused-ring (bicyclic) bond motifs is 3. The maximum absolute atomic E-state index is 3.67. The fourth-order valence-corrected chi connectivity index (χ4v) is 4.64. The molecular weight excluding hydrogens is 374 g/mol. The molecule has 1 N–H and O–H groups in total. The first-order valence-electron chi connectivity index (χ1n) is 10.6. The summed E-state index contributed by atoms with van der Waals surface area (Å²) in [6, 6.07) is 43.2. The smallest absolute Gasteiger partial charge is 0.0544 e. The van der Waals surface area contributed by atoms with E-state index in [0.29, 0.717) is 0 Å². The lowest BCUT2D eigenvalue weighted by Crippen LogP contribution is -1.89. The van der Waals surface area contributed by atoms with Crippen LogP contribution in [0.3, 0.4) is 0 Å². The summed E-state index contributed by atoms with van der Waals surface area (Å²) in [5, 5.41) is 2.53. The summed E-state index contributed by atoms with van der Waals surface area (Å²) in [6.45, 7) is 0. The molecule has 0 bridgehead atoms.